The summed E-state index contributed by atoms with van der Waals surface area (Å²) in [5, 5.41) is 3.29. The molecule has 0 spiro atoms. The predicted molar refractivity (Wildman–Crippen MR) is 87.8 cm³/mol. The van der Waals surface area contributed by atoms with Gasteiger partial charge in [-0.05, 0) is 17.7 Å². The lowest BCUT2D eigenvalue weighted by Gasteiger charge is -2.08. The zero-order valence-corrected chi connectivity index (χ0v) is 12.4. The first-order chi connectivity index (χ1) is 10.8. The van der Waals surface area contributed by atoms with Gasteiger partial charge in [-0.1, -0.05) is 42.5 Å². The van der Waals surface area contributed by atoms with E-state index in [1.54, 1.807) is 19.5 Å². The molecule has 0 atom stereocenters. The van der Waals surface area contributed by atoms with E-state index in [2.05, 4.69) is 27.4 Å². The molecule has 0 radical (unpaired) electrons. The average Bonchev–Trinajstić information content (AvgIpc) is 2.61. The summed E-state index contributed by atoms with van der Waals surface area (Å²) in [5.74, 6) is 1.56. The number of aromatic nitrogens is 2. The van der Waals surface area contributed by atoms with Crippen molar-refractivity contribution < 1.29 is 4.74 Å². The van der Waals surface area contributed by atoms with Gasteiger partial charge < -0.3 is 10.1 Å². The number of anilines is 1. The first kappa shape index (κ1) is 14.1. The first-order valence-corrected chi connectivity index (χ1v) is 7.09. The Morgan fingerprint density at radius 3 is 2.68 bits per heavy atom. The molecule has 4 nitrogen and oxygen atoms in total. The number of rotatable bonds is 5. The van der Waals surface area contributed by atoms with Crippen LogP contribution in [0.3, 0.4) is 0 Å². The van der Waals surface area contributed by atoms with Gasteiger partial charge in [0.25, 0.3) is 0 Å². The standard InChI is InChI=1S/C18H17N3O/c1-22-16-9-5-8-15(10-16)17-12-19-13-18(21-17)20-11-14-6-3-2-4-7-14/h2-10,12-13H,11H2,1H3,(H,20,21). The fourth-order valence-electron chi connectivity index (χ4n) is 2.16. The van der Waals surface area contributed by atoms with E-state index in [9.17, 15) is 0 Å². The molecule has 0 saturated heterocycles. The Kier molecular flexibility index (Phi) is 4.30. The largest absolute Gasteiger partial charge is 0.497 e. The summed E-state index contributed by atoms with van der Waals surface area (Å²) in [4.78, 5) is 8.87. The van der Waals surface area contributed by atoms with Crippen LogP contribution in [0.1, 0.15) is 5.56 Å². The average molecular weight is 291 g/mol. The fourth-order valence-corrected chi connectivity index (χ4v) is 2.16. The fraction of sp³-hybridized carbons (Fsp3) is 0.111. The number of hydrogen-bond acceptors (Lipinski definition) is 4. The third kappa shape index (κ3) is 3.41. The molecule has 22 heavy (non-hydrogen) atoms. The molecule has 110 valence electrons. The molecule has 0 aliphatic carbocycles. The van der Waals surface area contributed by atoms with Crippen molar-refractivity contribution in [3.05, 3.63) is 72.6 Å². The van der Waals surface area contributed by atoms with E-state index in [0.29, 0.717) is 0 Å². The van der Waals surface area contributed by atoms with Crippen molar-refractivity contribution >= 4 is 5.82 Å². The van der Waals surface area contributed by atoms with Gasteiger partial charge in [-0.2, -0.15) is 0 Å². The smallest absolute Gasteiger partial charge is 0.145 e. The number of hydrogen-bond donors (Lipinski definition) is 1. The summed E-state index contributed by atoms with van der Waals surface area (Å²) in [6, 6.07) is 18.0. The molecule has 0 bridgehead atoms. The molecule has 0 unspecified atom stereocenters. The molecule has 3 aromatic rings. The van der Waals surface area contributed by atoms with E-state index in [1.807, 2.05) is 42.5 Å². The van der Waals surface area contributed by atoms with Crippen LogP contribution in [0.4, 0.5) is 5.82 Å². The van der Waals surface area contributed by atoms with Gasteiger partial charge in [0.2, 0.25) is 0 Å². The minimum absolute atomic E-state index is 0.719. The van der Waals surface area contributed by atoms with Gasteiger partial charge >= 0.3 is 0 Å². The third-order valence-electron chi connectivity index (χ3n) is 3.32. The van der Waals surface area contributed by atoms with Gasteiger partial charge in [0.15, 0.2) is 0 Å². The normalized spacial score (nSPS) is 10.2. The highest BCUT2D eigenvalue weighted by atomic mass is 16.5. The minimum atomic E-state index is 0.719. The molecular formula is C18H17N3O. The summed E-state index contributed by atoms with van der Waals surface area (Å²) in [6.45, 7) is 0.719. The Morgan fingerprint density at radius 2 is 1.86 bits per heavy atom. The molecule has 1 N–H and O–H groups in total. The number of benzene rings is 2. The third-order valence-corrected chi connectivity index (χ3v) is 3.32. The van der Waals surface area contributed by atoms with Crippen LogP contribution in [0, 0.1) is 0 Å². The van der Waals surface area contributed by atoms with Crippen LogP contribution >= 0.6 is 0 Å². The molecule has 0 aliphatic rings. The van der Waals surface area contributed by atoms with Crippen molar-refractivity contribution in [1.82, 2.24) is 9.97 Å². The van der Waals surface area contributed by atoms with Gasteiger partial charge in [0.05, 0.1) is 25.2 Å². The van der Waals surface area contributed by atoms with Gasteiger partial charge in [-0.3, -0.25) is 4.98 Å². The Labute approximate surface area is 129 Å². The molecule has 2 aromatic carbocycles. The monoisotopic (exact) mass is 291 g/mol. The second-order valence-corrected chi connectivity index (χ2v) is 4.86. The zero-order valence-electron chi connectivity index (χ0n) is 12.4. The number of ether oxygens (including phenoxy) is 1. The summed E-state index contributed by atoms with van der Waals surface area (Å²) >= 11 is 0. The lowest BCUT2D eigenvalue weighted by molar-refractivity contribution is 0.415. The zero-order chi connectivity index (χ0) is 15.2. The van der Waals surface area contributed by atoms with Gasteiger partial charge in [-0.15, -0.1) is 0 Å². The van der Waals surface area contributed by atoms with Crippen molar-refractivity contribution in [2.45, 2.75) is 6.54 Å². The van der Waals surface area contributed by atoms with Crippen molar-refractivity contribution in [2.24, 2.45) is 0 Å². The van der Waals surface area contributed by atoms with E-state index >= 15 is 0 Å². The van der Waals surface area contributed by atoms with Crippen molar-refractivity contribution in [3.63, 3.8) is 0 Å². The van der Waals surface area contributed by atoms with Crippen LogP contribution in [0.2, 0.25) is 0 Å². The molecule has 1 heterocycles. The van der Waals surface area contributed by atoms with E-state index in [4.69, 9.17) is 4.74 Å². The van der Waals surface area contributed by atoms with E-state index in [0.717, 1.165) is 29.4 Å². The first-order valence-electron chi connectivity index (χ1n) is 7.09. The molecule has 0 saturated carbocycles. The summed E-state index contributed by atoms with van der Waals surface area (Å²) in [6.07, 6.45) is 3.48. The Morgan fingerprint density at radius 1 is 1.00 bits per heavy atom. The second-order valence-electron chi connectivity index (χ2n) is 4.86. The number of nitrogens with zero attached hydrogens (tertiary/aromatic N) is 2. The Bertz CT molecular complexity index is 744. The van der Waals surface area contributed by atoms with E-state index in [-0.39, 0.29) is 0 Å². The van der Waals surface area contributed by atoms with Crippen LogP contribution in [0.5, 0.6) is 5.75 Å². The molecular weight excluding hydrogens is 274 g/mol. The number of nitrogens with one attached hydrogen (secondary N) is 1. The highest BCUT2D eigenvalue weighted by molar-refractivity contribution is 5.61. The lowest BCUT2D eigenvalue weighted by atomic mass is 10.1. The van der Waals surface area contributed by atoms with Crippen molar-refractivity contribution in [1.29, 1.82) is 0 Å². The van der Waals surface area contributed by atoms with Gasteiger partial charge in [0, 0.05) is 12.1 Å². The maximum Gasteiger partial charge on any atom is 0.145 e. The SMILES string of the molecule is COc1cccc(-c2cncc(NCc3ccccc3)n2)c1. The Balaban J connectivity index is 1.77. The maximum atomic E-state index is 5.25. The summed E-state index contributed by atoms with van der Waals surface area (Å²) in [7, 11) is 1.66. The molecule has 0 aliphatic heterocycles. The van der Waals surface area contributed by atoms with E-state index in [1.165, 1.54) is 5.56 Å². The highest BCUT2D eigenvalue weighted by Crippen LogP contribution is 2.22. The molecule has 0 amide bonds. The van der Waals surface area contributed by atoms with Crippen molar-refractivity contribution in [2.75, 3.05) is 12.4 Å². The quantitative estimate of drug-likeness (QED) is 0.777. The maximum absolute atomic E-state index is 5.25. The second kappa shape index (κ2) is 6.72. The molecule has 3 rings (SSSR count). The molecule has 1 aromatic heterocycles. The minimum Gasteiger partial charge on any atom is -0.497 e. The van der Waals surface area contributed by atoms with Gasteiger partial charge in [0.1, 0.15) is 11.6 Å². The van der Waals surface area contributed by atoms with Crippen molar-refractivity contribution in [3.8, 4) is 17.0 Å². The summed E-state index contributed by atoms with van der Waals surface area (Å²) < 4.78 is 5.25. The predicted octanol–water partition coefficient (Wildman–Crippen LogP) is 3.76. The number of methoxy groups -OCH3 is 1. The summed E-state index contributed by atoms with van der Waals surface area (Å²) in [5.41, 5.74) is 3.00. The van der Waals surface area contributed by atoms with Crippen LogP contribution in [-0.2, 0) is 6.54 Å². The van der Waals surface area contributed by atoms with Crippen LogP contribution < -0.4 is 10.1 Å². The van der Waals surface area contributed by atoms with Crippen LogP contribution in [-0.4, -0.2) is 17.1 Å². The highest BCUT2D eigenvalue weighted by Gasteiger charge is 2.03. The van der Waals surface area contributed by atoms with Crippen LogP contribution in [0.15, 0.2) is 67.0 Å². The topological polar surface area (TPSA) is 47.0 Å². The lowest BCUT2D eigenvalue weighted by Crippen LogP contribution is -2.02. The Hall–Kier alpha value is -2.88. The molecule has 0 fully saturated rings. The van der Waals surface area contributed by atoms with Gasteiger partial charge in [-0.25, -0.2) is 4.98 Å². The molecule has 4 heteroatoms. The van der Waals surface area contributed by atoms with E-state index < -0.39 is 0 Å². The van der Waals surface area contributed by atoms with Crippen LogP contribution in [0.25, 0.3) is 11.3 Å².